The normalized spacial score (nSPS) is 20.1. The number of rotatable bonds is 4. The highest BCUT2D eigenvalue weighted by Gasteiger charge is 2.50. The quantitative estimate of drug-likeness (QED) is 0.632. The highest BCUT2D eigenvalue weighted by molar-refractivity contribution is 6.08. The molecule has 2 N–H and O–H groups in total. The number of fused-ring (bicyclic) bond motifs is 1. The van der Waals surface area contributed by atoms with Crippen molar-refractivity contribution in [3.05, 3.63) is 77.5 Å². The summed E-state index contributed by atoms with van der Waals surface area (Å²) in [5.74, 6) is -1.42. The molecule has 0 bridgehead atoms. The lowest BCUT2D eigenvalue weighted by molar-refractivity contribution is -0.124. The van der Waals surface area contributed by atoms with Gasteiger partial charge in [0.05, 0.1) is 24.8 Å². The summed E-state index contributed by atoms with van der Waals surface area (Å²) in [6.07, 6.45) is 3.42. The molecule has 1 fully saturated rings. The lowest BCUT2D eigenvalue weighted by Crippen LogP contribution is -2.52. The van der Waals surface area contributed by atoms with Crippen molar-refractivity contribution in [1.29, 1.82) is 0 Å². The van der Waals surface area contributed by atoms with Crippen molar-refractivity contribution in [3.8, 4) is 11.3 Å². The van der Waals surface area contributed by atoms with Gasteiger partial charge in [0.1, 0.15) is 5.82 Å². The number of hydrogen-bond donors (Lipinski definition) is 2. The number of amides is 4. The van der Waals surface area contributed by atoms with Gasteiger partial charge in [0.15, 0.2) is 5.54 Å². The smallest absolute Gasteiger partial charge is 0.322 e. The molecule has 4 amide bonds. The number of halogens is 1. The molecule has 8 nitrogen and oxygen atoms in total. The van der Waals surface area contributed by atoms with Crippen LogP contribution < -0.4 is 10.6 Å². The van der Waals surface area contributed by atoms with Gasteiger partial charge in [0.2, 0.25) is 0 Å². The van der Waals surface area contributed by atoms with Gasteiger partial charge in [-0.15, -0.1) is 0 Å². The SMILES string of the molecule is Cn1cncc1-c1ccc(C2(CN3Cc4ccc(F)cc4C3=O)NC(=O)NC2=O)cc1. The maximum absolute atomic E-state index is 13.6. The van der Waals surface area contributed by atoms with E-state index in [9.17, 15) is 18.8 Å². The third kappa shape index (κ3) is 2.97. The number of hydrogen-bond acceptors (Lipinski definition) is 4. The van der Waals surface area contributed by atoms with Gasteiger partial charge in [-0.05, 0) is 28.8 Å². The Morgan fingerprint density at radius 3 is 2.55 bits per heavy atom. The second kappa shape index (κ2) is 6.76. The van der Waals surface area contributed by atoms with E-state index >= 15 is 0 Å². The van der Waals surface area contributed by atoms with Gasteiger partial charge in [0.25, 0.3) is 11.8 Å². The van der Waals surface area contributed by atoms with Crippen LogP contribution in [0, 0.1) is 5.82 Å². The second-order valence-corrected chi connectivity index (χ2v) is 7.74. The molecule has 9 heteroatoms. The van der Waals surface area contributed by atoms with E-state index in [1.54, 1.807) is 30.7 Å². The van der Waals surface area contributed by atoms with Gasteiger partial charge in [0, 0.05) is 19.2 Å². The highest BCUT2D eigenvalue weighted by atomic mass is 19.1. The number of urea groups is 1. The summed E-state index contributed by atoms with van der Waals surface area (Å²) < 4.78 is 15.5. The van der Waals surface area contributed by atoms with Crippen molar-refractivity contribution in [2.24, 2.45) is 7.05 Å². The first-order valence-corrected chi connectivity index (χ1v) is 9.66. The number of nitrogens with one attached hydrogen (secondary N) is 2. The Morgan fingerprint density at radius 2 is 1.90 bits per heavy atom. The summed E-state index contributed by atoms with van der Waals surface area (Å²) in [5.41, 5.74) is 1.83. The fraction of sp³-hybridized carbons (Fsp3) is 0.182. The lowest BCUT2D eigenvalue weighted by atomic mass is 9.88. The van der Waals surface area contributed by atoms with Gasteiger partial charge in [-0.2, -0.15) is 0 Å². The largest absolute Gasteiger partial charge is 0.334 e. The summed E-state index contributed by atoms with van der Waals surface area (Å²) in [5, 5.41) is 4.98. The maximum atomic E-state index is 13.6. The molecule has 0 radical (unpaired) electrons. The summed E-state index contributed by atoms with van der Waals surface area (Å²) in [7, 11) is 1.88. The monoisotopic (exact) mass is 419 g/mol. The molecule has 31 heavy (non-hydrogen) atoms. The molecular weight excluding hydrogens is 401 g/mol. The zero-order chi connectivity index (χ0) is 21.8. The minimum absolute atomic E-state index is 0.0786. The van der Waals surface area contributed by atoms with Crippen molar-refractivity contribution in [1.82, 2.24) is 25.1 Å². The minimum atomic E-state index is -1.45. The van der Waals surface area contributed by atoms with E-state index in [-0.39, 0.29) is 24.6 Å². The number of benzene rings is 2. The van der Waals surface area contributed by atoms with Crippen molar-refractivity contribution >= 4 is 17.8 Å². The molecule has 2 aromatic carbocycles. The van der Waals surface area contributed by atoms with Crippen LogP contribution in [0.2, 0.25) is 0 Å². The summed E-state index contributed by atoms with van der Waals surface area (Å²) in [6, 6.07) is 10.6. The van der Waals surface area contributed by atoms with Gasteiger partial charge in [-0.3, -0.25) is 14.9 Å². The molecule has 0 saturated carbocycles. The van der Waals surface area contributed by atoms with Crippen molar-refractivity contribution in [3.63, 3.8) is 0 Å². The average molecular weight is 419 g/mol. The predicted molar refractivity (Wildman–Crippen MR) is 108 cm³/mol. The molecule has 1 aromatic heterocycles. The van der Waals surface area contributed by atoms with Crippen molar-refractivity contribution in [2.75, 3.05) is 6.54 Å². The number of aromatic nitrogens is 2. The fourth-order valence-corrected chi connectivity index (χ4v) is 4.21. The fourth-order valence-electron chi connectivity index (χ4n) is 4.21. The van der Waals surface area contributed by atoms with Crippen LogP contribution in [0.4, 0.5) is 9.18 Å². The summed E-state index contributed by atoms with van der Waals surface area (Å²) in [4.78, 5) is 43.3. The number of nitrogens with zero attached hydrogens (tertiary/aromatic N) is 3. The van der Waals surface area contributed by atoms with Crippen molar-refractivity contribution in [2.45, 2.75) is 12.1 Å². The molecule has 3 heterocycles. The third-order valence-electron chi connectivity index (χ3n) is 5.81. The van der Waals surface area contributed by atoms with Crippen LogP contribution in [-0.2, 0) is 23.9 Å². The molecule has 156 valence electrons. The van der Waals surface area contributed by atoms with Gasteiger partial charge in [-0.25, -0.2) is 14.2 Å². The van der Waals surface area contributed by atoms with E-state index in [1.165, 1.54) is 17.0 Å². The Kier molecular flexibility index (Phi) is 4.14. The Balaban J connectivity index is 1.50. The Bertz CT molecular complexity index is 1240. The Hall–Kier alpha value is -4.01. The molecule has 1 unspecified atom stereocenters. The first-order chi connectivity index (χ1) is 14.9. The van der Waals surface area contributed by atoms with Crippen LogP contribution in [0.25, 0.3) is 11.3 Å². The number of carbonyl (C=O) groups excluding carboxylic acids is 3. The Morgan fingerprint density at radius 1 is 1.13 bits per heavy atom. The van der Waals surface area contributed by atoms with E-state index in [0.29, 0.717) is 11.1 Å². The molecule has 2 aliphatic rings. The van der Waals surface area contributed by atoms with Crippen LogP contribution in [-0.4, -0.2) is 38.8 Å². The molecule has 1 saturated heterocycles. The molecule has 2 aliphatic heterocycles. The first kappa shape index (κ1) is 19.0. The molecule has 0 spiro atoms. The number of carbonyl (C=O) groups is 3. The van der Waals surface area contributed by atoms with Crippen LogP contribution in [0.3, 0.4) is 0 Å². The van der Waals surface area contributed by atoms with E-state index in [2.05, 4.69) is 15.6 Å². The number of imide groups is 1. The van der Waals surface area contributed by atoms with E-state index in [0.717, 1.165) is 11.3 Å². The zero-order valence-electron chi connectivity index (χ0n) is 16.6. The van der Waals surface area contributed by atoms with E-state index in [1.807, 2.05) is 23.7 Å². The second-order valence-electron chi connectivity index (χ2n) is 7.74. The number of imidazole rings is 1. The molecule has 1 atom stereocenters. The Labute approximate surface area is 176 Å². The molecule has 0 aliphatic carbocycles. The molecular formula is C22H18FN5O3. The topological polar surface area (TPSA) is 96.3 Å². The average Bonchev–Trinajstić information content (AvgIpc) is 3.39. The van der Waals surface area contributed by atoms with Gasteiger partial charge in [-0.1, -0.05) is 30.3 Å². The van der Waals surface area contributed by atoms with Crippen LogP contribution >= 0.6 is 0 Å². The van der Waals surface area contributed by atoms with Crippen LogP contribution in [0.5, 0.6) is 0 Å². The number of aryl methyl sites for hydroxylation is 1. The third-order valence-corrected chi connectivity index (χ3v) is 5.81. The predicted octanol–water partition coefficient (Wildman–Crippen LogP) is 1.92. The molecule has 5 rings (SSSR count). The van der Waals surface area contributed by atoms with E-state index < -0.39 is 23.3 Å². The van der Waals surface area contributed by atoms with Gasteiger partial charge < -0.3 is 14.8 Å². The standard InChI is InChI=1S/C22H18FN5O3/c1-27-12-24-9-18(27)13-2-5-15(6-3-13)22(20(30)25-21(31)26-22)11-28-10-14-4-7-16(23)8-17(14)19(28)29/h2-9,12H,10-11H2,1H3,(H2,25,26,30,31). The van der Waals surface area contributed by atoms with Gasteiger partial charge >= 0.3 is 6.03 Å². The lowest BCUT2D eigenvalue weighted by Gasteiger charge is -2.31. The van der Waals surface area contributed by atoms with E-state index in [4.69, 9.17) is 0 Å². The zero-order valence-corrected chi connectivity index (χ0v) is 16.6. The van der Waals surface area contributed by atoms with Crippen LogP contribution in [0.1, 0.15) is 21.5 Å². The summed E-state index contributed by atoms with van der Waals surface area (Å²) >= 11 is 0. The first-order valence-electron chi connectivity index (χ1n) is 9.66. The molecule has 3 aromatic rings. The maximum Gasteiger partial charge on any atom is 0.322 e. The highest BCUT2D eigenvalue weighted by Crippen LogP contribution is 2.32. The van der Waals surface area contributed by atoms with Crippen molar-refractivity contribution < 1.29 is 18.8 Å². The minimum Gasteiger partial charge on any atom is -0.334 e. The van der Waals surface area contributed by atoms with Crippen LogP contribution in [0.15, 0.2) is 55.0 Å². The summed E-state index contributed by atoms with van der Waals surface area (Å²) in [6.45, 7) is 0.150.